The van der Waals surface area contributed by atoms with Gasteiger partial charge in [-0.15, -0.1) is 0 Å². The summed E-state index contributed by atoms with van der Waals surface area (Å²) in [6.07, 6.45) is 6.97. The van der Waals surface area contributed by atoms with Gasteiger partial charge in [0.2, 0.25) is 5.91 Å². The summed E-state index contributed by atoms with van der Waals surface area (Å²) in [5.41, 5.74) is 3.36. The number of nitrogens with zero attached hydrogens (tertiary/aromatic N) is 2. The SMILES string of the molecule is Cc1c(CC(=O)C(C)C2CCCO2)cc(Cl)cc1CN1CCN(C(=O)C2CCCC2)[C@@H](C)C1. The predicted molar refractivity (Wildman–Crippen MR) is 131 cm³/mol. The van der Waals surface area contributed by atoms with Crippen LogP contribution in [0, 0.1) is 18.8 Å². The minimum atomic E-state index is -0.0827. The normalized spacial score (nSPS) is 25.5. The largest absolute Gasteiger partial charge is 0.377 e. The number of hydrogen-bond acceptors (Lipinski definition) is 4. The summed E-state index contributed by atoms with van der Waals surface area (Å²) in [5, 5.41) is 0.686. The van der Waals surface area contributed by atoms with E-state index in [2.05, 4.69) is 23.6 Å². The summed E-state index contributed by atoms with van der Waals surface area (Å²) < 4.78 is 5.74. The molecule has 3 aliphatic rings. The van der Waals surface area contributed by atoms with Crippen molar-refractivity contribution in [1.29, 1.82) is 0 Å². The number of ketones is 1. The molecule has 2 unspecified atom stereocenters. The Morgan fingerprint density at radius 2 is 1.85 bits per heavy atom. The molecule has 1 saturated carbocycles. The first-order valence-electron chi connectivity index (χ1n) is 12.8. The number of benzene rings is 1. The van der Waals surface area contributed by atoms with Crippen LogP contribution in [0.2, 0.25) is 5.02 Å². The highest BCUT2D eigenvalue weighted by molar-refractivity contribution is 6.30. The third-order valence-corrected chi connectivity index (χ3v) is 8.29. The van der Waals surface area contributed by atoms with E-state index in [1.165, 1.54) is 18.4 Å². The zero-order chi connectivity index (χ0) is 23.5. The van der Waals surface area contributed by atoms with Crippen LogP contribution >= 0.6 is 11.6 Å². The Hall–Kier alpha value is -1.43. The topological polar surface area (TPSA) is 49.9 Å². The highest BCUT2D eigenvalue weighted by Gasteiger charge is 2.33. The molecule has 3 fully saturated rings. The van der Waals surface area contributed by atoms with Gasteiger partial charge in [0, 0.05) is 62.1 Å². The lowest BCUT2D eigenvalue weighted by molar-refractivity contribution is -0.140. The van der Waals surface area contributed by atoms with Gasteiger partial charge in [-0.25, -0.2) is 0 Å². The molecule has 1 aliphatic carbocycles. The molecule has 0 N–H and O–H groups in total. The average molecular weight is 475 g/mol. The molecule has 0 aromatic heterocycles. The summed E-state index contributed by atoms with van der Waals surface area (Å²) in [4.78, 5) is 30.4. The Kier molecular flexibility index (Phi) is 8.14. The second-order valence-electron chi connectivity index (χ2n) is 10.4. The number of halogens is 1. The molecule has 182 valence electrons. The van der Waals surface area contributed by atoms with E-state index in [0.717, 1.165) is 69.6 Å². The van der Waals surface area contributed by atoms with Crippen LogP contribution in [-0.2, 0) is 27.3 Å². The van der Waals surface area contributed by atoms with Crippen LogP contribution in [-0.4, -0.2) is 59.9 Å². The molecule has 1 amide bonds. The van der Waals surface area contributed by atoms with E-state index in [9.17, 15) is 9.59 Å². The standard InChI is InChI=1S/C27H39ClN2O3/c1-18-16-29(10-11-30(18)27(32)21-7-4-5-8-21)17-23-14-24(28)13-22(19(23)2)15-25(31)20(3)26-9-6-12-33-26/h13-14,18,20-21,26H,4-12,15-17H2,1-3H3/t18-,20?,26?/m0/s1. The van der Waals surface area contributed by atoms with Crippen molar-refractivity contribution in [3.8, 4) is 0 Å². The van der Waals surface area contributed by atoms with Gasteiger partial charge in [-0.3, -0.25) is 14.5 Å². The molecule has 2 aliphatic heterocycles. The number of piperazine rings is 1. The van der Waals surface area contributed by atoms with Crippen LogP contribution in [0.25, 0.3) is 0 Å². The molecule has 4 rings (SSSR count). The summed E-state index contributed by atoms with van der Waals surface area (Å²) in [6.45, 7) is 10.4. The molecular weight excluding hydrogens is 436 g/mol. The maximum absolute atomic E-state index is 12.9. The van der Waals surface area contributed by atoms with Gasteiger partial charge in [0.1, 0.15) is 5.78 Å². The fraction of sp³-hybridized carbons (Fsp3) is 0.704. The molecule has 2 heterocycles. The third kappa shape index (κ3) is 5.80. The van der Waals surface area contributed by atoms with E-state index in [4.69, 9.17) is 16.3 Å². The van der Waals surface area contributed by atoms with Crippen LogP contribution in [0.5, 0.6) is 0 Å². The molecule has 0 bridgehead atoms. The van der Waals surface area contributed by atoms with Gasteiger partial charge < -0.3 is 9.64 Å². The van der Waals surface area contributed by atoms with E-state index >= 15 is 0 Å². The minimum absolute atomic E-state index is 0.0567. The van der Waals surface area contributed by atoms with Crippen molar-refractivity contribution >= 4 is 23.3 Å². The van der Waals surface area contributed by atoms with E-state index < -0.39 is 0 Å². The Labute approximate surface area is 203 Å². The monoisotopic (exact) mass is 474 g/mol. The van der Waals surface area contributed by atoms with Gasteiger partial charge in [0.05, 0.1) is 6.10 Å². The number of Topliss-reactive ketones (excluding diaryl/α,β-unsaturated/α-hetero) is 1. The second kappa shape index (κ2) is 10.9. The van der Waals surface area contributed by atoms with Crippen LogP contribution < -0.4 is 0 Å². The first-order valence-corrected chi connectivity index (χ1v) is 13.2. The van der Waals surface area contributed by atoms with Crippen molar-refractivity contribution in [3.05, 3.63) is 33.8 Å². The molecule has 0 spiro atoms. The first-order chi connectivity index (χ1) is 15.8. The molecule has 1 aromatic carbocycles. The Morgan fingerprint density at radius 1 is 1.12 bits per heavy atom. The summed E-state index contributed by atoms with van der Waals surface area (Å²) in [7, 11) is 0. The second-order valence-corrected chi connectivity index (χ2v) is 10.9. The van der Waals surface area contributed by atoms with Gasteiger partial charge in [-0.1, -0.05) is 31.4 Å². The number of carbonyl (C=O) groups is 2. The van der Waals surface area contributed by atoms with Crippen molar-refractivity contribution in [2.75, 3.05) is 26.2 Å². The van der Waals surface area contributed by atoms with Crippen LogP contribution in [0.15, 0.2) is 12.1 Å². The smallest absolute Gasteiger partial charge is 0.226 e. The van der Waals surface area contributed by atoms with Gasteiger partial charge in [0.25, 0.3) is 0 Å². The van der Waals surface area contributed by atoms with E-state index in [-0.39, 0.29) is 29.8 Å². The number of rotatable bonds is 7. The fourth-order valence-electron chi connectivity index (χ4n) is 5.85. The van der Waals surface area contributed by atoms with Crippen molar-refractivity contribution in [1.82, 2.24) is 9.80 Å². The van der Waals surface area contributed by atoms with Crippen LogP contribution in [0.1, 0.15) is 69.1 Å². The number of hydrogen-bond donors (Lipinski definition) is 0. The molecule has 6 heteroatoms. The number of carbonyl (C=O) groups excluding carboxylic acids is 2. The van der Waals surface area contributed by atoms with Crippen LogP contribution in [0.4, 0.5) is 0 Å². The van der Waals surface area contributed by atoms with Gasteiger partial charge in [0.15, 0.2) is 0 Å². The van der Waals surface area contributed by atoms with E-state index in [0.29, 0.717) is 17.4 Å². The third-order valence-electron chi connectivity index (χ3n) is 8.08. The minimum Gasteiger partial charge on any atom is -0.377 e. The highest BCUT2D eigenvalue weighted by atomic mass is 35.5. The van der Waals surface area contributed by atoms with Crippen LogP contribution in [0.3, 0.4) is 0 Å². The zero-order valence-electron chi connectivity index (χ0n) is 20.4. The van der Waals surface area contributed by atoms with E-state index in [1.807, 2.05) is 19.1 Å². The quantitative estimate of drug-likeness (QED) is 0.569. The number of ether oxygens (including phenoxy) is 1. The molecule has 2 saturated heterocycles. The molecular formula is C27H39ClN2O3. The van der Waals surface area contributed by atoms with Gasteiger partial charge in [-0.2, -0.15) is 0 Å². The average Bonchev–Trinajstić information content (AvgIpc) is 3.50. The maximum Gasteiger partial charge on any atom is 0.226 e. The van der Waals surface area contributed by atoms with Crippen molar-refractivity contribution in [2.24, 2.45) is 11.8 Å². The van der Waals surface area contributed by atoms with E-state index in [1.54, 1.807) is 0 Å². The summed E-state index contributed by atoms with van der Waals surface area (Å²) in [5.74, 6) is 0.748. The van der Waals surface area contributed by atoms with Crippen molar-refractivity contribution in [3.63, 3.8) is 0 Å². The summed E-state index contributed by atoms with van der Waals surface area (Å²) in [6, 6.07) is 4.20. The highest BCUT2D eigenvalue weighted by Crippen LogP contribution is 2.29. The molecule has 33 heavy (non-hydrogen) atoms. The van der Waals surface area contributed by atoms with Crippen molar-refractivity contribution < 1.29 is 14.3 Å². The maximum atomic E-state index is 12.9. The fourth-order valence-corrected chi connectivity index (χ4v) is 6.11. The molecule has 3 atom stereocenters. The predicted octanol–water partition coefficient (Wildman–Crippen LogP) is 4.80. The summed E-state index contributed by atoms with van der Waals surface area (Å²) >= 11 is 6.49. The lowest BCUT2D eigenvalue weighted by Gasteiger charge is -2.41. The molecule has 5 nitrogen and oxygen atoms in total. The lowest BCUT2D eigenvalue weighted by atomic mass is 9.90. The Bertz CT molecular complexity index is 861. The molecule has 0 radical (unpaired) electrons. The Balaban J connectivity index is 1.38. The zero-order valence-corrected chi connectivity index (χ0v) is 21.2. The Morgan fingerprint density at radius 3 is 2.52 bits per heavy atom. The first kappa shape index (κ1) is 24.7. The van der Waals surface area contributed by atoms with Gasteiger partial charge in [-0.05, 0) is 68.4 Å². The van der Waals surface area contributed by atoms with Crippen molar-refractivity contribution in [2.45, 2.75) is 84.4 Å². The number of amides is 1. The lowest BCUT2D eigenvalue weighted by Crippen LogP contribution is -2.54. The van der Waals surface area contributed by atoms with Gasteiger partial charge >= 0.3 is 0 Å². The molecule has 1 aromatic rings.